The minimum absolute atomic E-state index is 0.267. The summed E-state index contributed by atoms with van der Waals surface area (Å²) in [7, 11) is 5.68. The minimum atomic E-state index is -0.267. The van der Waals surface area contributed by atoms with Gasteiger partial charge in [-0.15, -0.1) is 0 Å². The lowest BCUT2D eigenvalue weighted by molar-refractivity contribution is -0.115. The lowest BCUT2D eigenvalue weighted by atomic mass is 10.0. The van der Waals surface area contributed by atoms with Crippen LogP contribution in [0.1, 0.15) is 12.5 Å². The molecule has 0 saturated carbocycles. The summed E-state index contributed by atoms with van der Waals surface area (Å²) in [5.41, 5.74) is 4.16. The maximum absolute atomic E-state index is 12.2. The molecule has 3 N–H and O–H groups in total. The molecule has 0 bridgehead atoms. The fourth-order valence-electron chi connectivity index (χ4n) is 3.15. The number of amides is 1. The van der Waals surface area contributed by atoms with Crippen LogP contribution < -0.4 is 10.6 Å². The predicted octanol–water partition coefficient (Wildman–Crippen LogP) is 3.24. The minimum Gasteiger partial charge on any atom is -0.373 e. The first-order valence-corrected chi connectivity index (χ1v) is 10.4. The summed E-state index contributed by atoms with van der Waals surface area (Å²) in [6.45, 7) is 6.16. The molecular formula is C24H28N8O. The van der Waals surface area contributed by atoms with Crippen molar-refractivity contribution in [2.75, 3.05) is 33.0 Å². The van der Waals surface area contributed by atoms with Crippen molar-refractivity contribution < 1.29 is 4.79 Å². The summed E-state index contributed by atoms with van der Waals surface area (Å²) >= 11 is 0. The molecule has 0 aliphatic rings. The second-order valence-corrected chi connectivity index (χ2v) is 7.45. The number of likely N-dealkylation sites (N-methyl/N-ethyl adjacent to an activating group) is 1. The first-order chi connectivity index (χ1) is 15.9. The number of aliphatic imine (C=N–C) groups is 1. The average Bonchev–Trinajstić information content (AvgIpc) is 3.24. The number of aromatic amines is 1. The number of rotatable bonds is 9. The Hall–Kier alpha value is -4.11. The van der Waals surface area contributed by atoms with E-state index in [1.165, 1.54) is 12.4 Å². The quantitative estimate of drug-likeness (QED) is 0.265. The van der Waals surface area contributed by atoms with E-state index in [4.69, 9.17) is 0 Å². The molecule has 3 heterocycles. The van der Waals surface area contributed by atoms with Gasteiger partial charge in [0.2, 0.25) is 5.91 Å². The third-order valence-corrected chi connectivity index (χ3v) is 4.83. The number of pyridine rings is 1. The van der Waals surface area contributed by atoms with Crippen molar-refractivity contribution in [3.63, 3.8) is 0 Å². The van der Waals surface area contributed by atoms with Crippen LogP contribution in [0.5, 0.6) is 0 Å². The van der Waals surface area contributed by atoms with Crippen LogP contribution in [0.25, 0.3) is 27.9 Å². The average molecular weight is 445 g/mol. The van der Waals surface area contributed by atoms with Gasteiger partial charge in [0.15, 0.2) is 0 Å². The Balaban J connectivity index is 1.90. The summed E-state index contributed by atoms with van der Waals surface area (Å²) in [6, 6.07) is 3.91. The van der Waals surface area contributed by atoms with E-state index in [1.54, 1.807) is 18.3 Å². The Morgan fingerprint density at radius 3 is 2.79 bits per heavy atom. The van der Waals surface area contributed by atoms with Crippen molar-refractivity contribution in [2.24, 2.45) is 4.99 Å². The molecule has 0 fully saturated rings. The van der Waals surface area contributed by atoms with E-state index in [0.29, 0.717) is 12.4 Å². The Morgan fingerprint density at radius 2 is 2.09 bits per heavy atom. The van der Waals surface area contributed by atoms with Gasteiger partial charge in [0.05, 0.1) is 5.69 Å². The third-order valence-electron chi connectivity index (χ3n) is 4.83. The van der Waals surface area contributed by atoms with Gasteiger partial charge in [-0.05, 0) is 45.5 Å². The maximum atomic E-state index is 12.2. The molecule has 3 rings (SSSR count). The summed E-state index contributed by atoms with van der Waals surface area (Å²) in [6.07, 6.45) is 12.1. The zero-order chi connectivity index (χ0) is 23.8. The van der Waals surface area contributed by atoms with Crippen LogP contribution in [0.4, 0.5) is 5.82 Å². The first kappa shape index (κ1) is 23.6. The van der Waals surface area contributed by atoms with Crippen LogP contribution in [-0.2, 0) is 4.79 Å². The van der Waals surface area contributed by atoms with Gasteiger partial charge in [-0.1, -0.05) is 12.2 Å². The molecule has 3 aromatic heterocycles. The standard InChI is InChI=1S/C24H28N8O/c1-6-16(11-22(26-3)31-23(33)8-7-9-32(4)5)17-10-18-19(14-28-24(18)27-13-17)20-12-21(25-2)30-15-29-20/h6-8,10-15H,3,9H2,1-2,4-5H3,(H,27,28)(H,31,33)(H,25,29,30)/b8-7+,16-6+,22-11+. The Labute approximate surface area is 193 Å². The van der Waals surface area contributed by atoms with Crippen LogP contribution in [0.15, 0.2) is 66.0 Å². The largest absolute Gasteiger partial charge is 0.373 e. The zero-order valence-electron chi connectivity index (χ0n) is 19.3. The van der Waals surface area contributed by atoms with Gasteiger partial charge >= 0.3 is 0 Å². The van der Waals surface area contributed by atoms with Crippen LogP contribution in [-0.4, -0.2) is 65.1 Å². The third kappa shape index (κ3) is 5.98. The Bertz CT molecular complexity index is 1240. The van der Waals surface area contributed by atoms with E-state index in [9.17, 15) is 4.79 Å². The molecular weight excluding hydrogens is 416 g/mol. The van der Waals surface area contributed by atoms with Crippen LogP contribution in [0, 0.1) is 0 Å². The predicted molar refractivity (Wildman–Crippen MR) is 134 cm³/mol. The molecule has 3 aromatic rings. The number of nitrogens with one attached hydrogen (secondary N) is 3. The smallest absolute Gasteiger partial charge is 0.249 e. The molecule has 170 valence electrons. The summed E-state index contributed by atoms with van der Waals surface area (Å²) < 4.78 is 0. The first-order valence-electron chi connectivity index (χ1n) is 10.4. The lowest BCUT2D eigenvalue weighted by Gasteiger charge is -2.07. The van der Waals surface area contributed by atoms with E-state index in [1.807, 2.05) is 57.4 Å². The van der Waals surface area contributed by atoms with E-state index in [0.717, 1.165) is 39.2 Å². The van der Waals surface area contributed by atoms with Crippen LogP contribution in [0.3, 0.4) is 0 Å². The highest BCUT2D eigenvalue weighted by atomic mass is 16.1. The van der Waals surface area contributed by atoms with Crippen molar-refractivity contribution >= 4 is 35.0 Å². The van der Waals surface area contributed by atoms with E-state index in [2.05, 4.69) is 42.3 Å². The van der Waals surface area contributed by atoms with Gasteiger partial charge in [-0.2, -0.15) is 0 Å². The molecule has 33 heavy (non-hydrogen) atoms. The number of allylic oxidation sites excluding steroid dienone is 3. The van der Waals surface area contributed by atoms with Crippen LogP contribution in [0.2, 0.25) is 0 Å². The van der Waals surface area contributed by atoms with Gasteiger partial charge in [-0.25, -0.2) is 19.9 Å². The molecule has 0 aliphatic heterocycles. The monoisotopic (exact) mass is 444 g/mol. The highest BCUT2D eigenvalue weighted by Crippen LogP contribution is 2.29. The number of carbonyl (C=O) groups is 1. The second kappa shape index (κ2) is 11.0. The molecule has 0 saturated heterocycles. The van der Waals surface area contributed by atoms with Crippen molar-refractivity contribution in [1.29, 1.82) is 0 Å². The number of aromatic nitrogens is 4. The van der Waals surface area contributed by atoms with Crippen molar-refractivity contribution in [3.05, 3.63) is 66.5 Å². The Kier molecular flexibility index (Phi) is 7.82. The number of anilines is 1. The van der Waals surface area contributed by atoms with Gasteiger partial charge in [0.1, 0.15) is 23.6 Å². The van der Waals surface area contributed by atoms with Crippen LogP contribution >= 0.6 is 0 Å². The molecule has 9 nitrogen and oxygen atoms in total. The summed E-state index contributed by atoms with van der Waals surface area (Å²) in [4.78, 5) is 34.4. The zero-order valence-corrected chi connectivity index (χ0v) is 19.3. The van der Waals surface area contributed by atoms with Crippen molar-refractivity contribution in [2.45, 2.75) is 6.92 Å². The van der Waals surface area contributed by atoms with E-state index < -0.39 is 0 Å². The molecule has 1 amide bonds. The molecule has 0 atom stereocenters. The molecule has 0 radical (unpaired) electrons. The molecule has 0 unspecified atom stereocenters. The van der Waals surface area contributed by atoms with Crippen molar-refractivity contribution in [1.82, 2.24) is 30.2 Å². The van der Waals surface area contributed by atoms with Gasteiger partial charge < -0.3 is 20.5 Å². The SMILES string of the molecule is C=N/C(=C\C(=C/C)c1cnc2[nH]cc(-c3cc(NC)ncn3)c2c1)NC(=O)/C=C/CN(C)C. The molecule has 0 spiro atoms. The summed E-state index contributed by atoms with van der Waals surface area (Å²) in [5, 5.41) is 6.70. The molecule has 0 aromatic carbocycles. The molecule has 0 aliphatic carbocycles. The highest BCUT2D eigenvalue weighted by molar-refractivity contribution is 5.95. The van der Waals surface area contributed by atoms with Gasteiger partial charge in [-0.3, -0.25) is 4.79 Å². The normalized spacial score (nSPS) is 12.5. The second-order valence-electron chi connectivity index (χ2n) is 7.45. The molecule has 9 heteroatoms. The number of nitrogens with zero attached hydrogens (tertiary/aromatic N) is 5. The number of carbonyl (C=O) groups excluding carboxylic acids is 1. The number of hydrogen-bond donors (Lipinski definition) is 3. The van der Waals surface area contributed by atoms with Gasteiger partial charge in [0, 0.05) is 54.6 Å². The van der Waals surface area contributed by atoms with E-state index >= 15 is 0 Å². The lowest BCUT2D eigenvalue weighted by Crippen LogP contribution is -2.20. The fraction of sp³-hybridized carbons (Fsp3) is 0.208. The van der Waals surface area contributed by atoms with Gasteiger partial charge in [0.25, 0.3) is 0 Å². The van der Waals surface area contributed by atoms with Crippen molar-refractivity contribution in [3.8, 4) is 11.3 Å². The Morgan fingerprint density at radius 1 is 1.27 bits per heavy atom. The topological polar surface area (TPSA) is 111 Å². The maximum Gasteiger partial charge on any atom is 0.249 e. The number of hydrogen-bond acceptors (Lipinski definition) is 7. The van der Waals surface area contributed by atoms with E-state index in [-0.39, 0.29) is 5.91 Å². The number of H-pyrrole nitrogens is 1. The fourth-order valence-corrected chi connectivity index (χ4v) is 3.15. The number of fused-ring (bicyclic) bond motifs is 1. The highest BCUT2D eigenvalue weighted by Gasteiger charge is 2.12. The summed E-state index contributed by atoms with van der Waals surface area (Å²) in [5.74, 6) is 0.815.